The number of para-hydroxylation sites is 3. The van der Waals surface area contributed by atoms with Gasteiger partial charge in [-0.2, -0.15) is 0 Å². The smallest absolute Gasteiger partial charge is 0.246 e. The van der Waals surface area contributed by atoms with Crippen molar-refractivity contribution >= 4 is 67.7 Å². The molecule has 0 bridgehead atoms. The van der Waals surface area contributed by atoms with Crippen LogP contribution in [0.2, 0.25) is 0 Å². The number of fused-ring (bicyclic) bond motifs is 5. The first-order valence-electron chi connectivity index (χ1n) is 20.5. The summed E-state index contributed by atoms with van der Waals surface area (Å²) in [4.78, 5) is 9.77. The Labute approximate surface area is 349 Å². The zero-order valence-electron chi connectivity index (χ0n) is 32.7. The SMILES string of the molecule is c1ccc(B2c3ccc(Oc4ccc5c6ccccc6n(-c6ccccn6)c5c4)cc3N3CN(c4c(-c5ccccc5)cccc4-c4ccccc4)c4cccc2c43)cc1. The Morgan fingerprint density at radius 1 is 0.450 bits per heavy atom. The molecule has 2 aliphatic heterocycles. The summed E-state index contributed by atoms with van der Waals surface area (Å²) >= 11 is 0. The fourth-order valence-corrected chi connectivity index (χ4v) is 9.63. The number of ether oxygens (including phenoxy) is 1. The molecule has 5 nitrogen and oxygen atoms in total. The third-order valence-corrected chi connectivity index (χ3v) is 12.2. The lowest BCUT2D eigenvalue weighted by molar-refractivity contribution is 0.483. The second-order valence-corrected chi connectivity index (χ2v) is 15.5. The highest BCUT2D eigenvalue weighted by atomic mass is 16.5. The summed E-state index contributed by atoms with van der Waals surface area (Å²) in [5.74, 6) is 2.43. The maximum atomic E-state index is 6.87. The van der Waals surface area contributed by atoms with Crippen LogP contribution in [0.4, 0.5) is 22.7 Å². The first kappa shape index (κ1) is 34.2. The van der Waals surface area contributed by atoms with Crippen LogP contribution in [0.25, 0.3) is 49.9 Å². The second-order valence-electron chi connectivity index (χ2n) is 15.5. The van der Waals surface area contributed by atoms with Gasteiger partial charge in [0, 0.05) is 45.9 Å². The molecule has 12 rings (SSSR count). The summed E-state index contributed by atoms with van der Waals surface area (Å²) in [5, 5.41) is 2.34. The van der Waals surface area contributed by atoms with Crippen LogP contribution in [0, 0.1) is 0 Å². The van der Waals surface area contributed by atoms with Crippen molar-refractivity contribution in [2.45, 2.75) is 0 Å². The van der Waals surface area contributed by atoms with Gasteiger partial charge in [-0.25, -0.2) is 4.98 Å². The van der Waals surface area contributed by atoms with E-state index < -0.39 is 0 Å². The first-order chi connectivity index (χ1) is 29.8. The molecule has 0 saturated heterocycles. The van der Waals surface area contributed by atoms with Crippen LogP contribution in [-0.2, 0) is 0 Å². The Morgan fingerprint density at radius 3 is 1.83 bits per heavy atom. The van der Waals surface area contributed by atoms with Gasteiger partial charge >= 0.3 is 0 Å². The molecule has 8 aromatic carbocycles. The van der Waals surface area contributed by atoms with Crippen molar-refractivity contribution in [1.29, 1.82) is 0 Å². The summed E-state index contributed by atoms with van der Waals surface area (Å²) in [5.41, 5.74) is 15.5. The highest BCUT2D eigenvalue weighted by Gasteiger charge is 2.42. The zero-order chi connectivity index (χ0) is 39.6. The van der Waals surface area contributed by atoms with Crippen molar-refractivity contribution in [2.24, 2.45) is 0 Å². The number of hydrogen-bond acceptors (Lipinski definition) is 4. The average Bonchev–Trinajstić information content (AvgIpc) is 3.87. The van der Waals surface area contributed by atoms with Gasteiger partial charge < -0.3 is 14.5 Å². The summed E-state index contributed by atoms with van der Waals surface area (Å²) in [6.45, 7) is 0.689. The van der Waals surface area contributed by atoms with Gasteiger partial charge in [0.2, 0.25) is 6.71 Å². The standard InChI is InChI=1S/C54H37BN4O/c1-4-16-37(17-5-1)42-23-14-24-43(38-18-6-2-7-19-38)53(42)57-36-58-51-35-41(30-32-46(51)55(39-20-8-3-9-21-39)47-25-15-27-49(57)54(47)58)60-40-29-31-45-44-22-10-11-26-48(44)59(50(45)34-40)52-28-12-13-33-56-52/h1-35H,36H2. The number of hydrogen-bond donors (Lipinski definition) is 0. The molecule has 4 heterocycles. The largest absolute Gasteiger partial charge is 0.457 e. The number of aromatic nitrogens is 2. The zero-order valence-corrected chi connectivity index (χ0v) is 32.7. The van der Waals surface area contributed by atoms with E-state index in [2.05, 4.69) is 208 Å². The van der Waals surface area contributed by atoms with Gasteiger partial charge in [-0.15, -0.1) is 0 Å². The van der Waals surface area contributed by atoms with Crippen LogP contribution < -0.4 is 30.9 Å². The summed E-state index contributed by atoms with van der Waals surface area (Å²) in [7, 11) is 0. The van der Waals surface area contributed by atoms with Crippen LogP contribution in [0.5, 0.6) is 11.5 Å². The lowest BCUT2D eigenvalue weighted by atomic mass is 9.35. The van der Waals surface area contributed by atoms with E-state index in [1.165, 1.54) is 61.1 Å². The summed E-state index contributed by atoms with van der Waals surface area (Å²) in [6, 6.07) is 73.6. The Balaban J connectivity index is 1.02. The van der Waals surface area contributed by atoms with Gasteiger partial charge in [-0.3, -0.25) is 4.57 Å². The van der Waals surface area contributed by atoms with Crippen LogP contribution in [0.3, 0.4) is 0 Å². The lowest BCUT2D eigenvalue weighted by Gasteiger charge is -2.33. The van der Waals surface area contributed by atoms with Crippen LogP contribution in [0.15, 0.2) is 212 Å². The number of pyridine rings is 1. The Bertz CT molecular complexity index is 3170. The lowest BCUT2D eigenvalue weighted by Crippen LogP contribution is -2.57. The predicted octanol–water partition coefficient (Wildman–Crippen LogP) is 11.4. The third-order valence-electron chi connectivity index (χ3n) is 12.2. The van der Waals surface area contributed by atoms with E-state index in [0.717, 1.165) is 39.4 Å². The Kier molecular flexibility index (Phi) is 7.95. The van der Waals surface area contributed by atoms with Crippen molar-refractivity contribution in [3.05, 3.63) is 212 Å². The normalized spacial score (nSPS) is 12.8. The van der Waals surface area contributed by atoms with E-state index in [1.54, 1.807) is 0 Å². The monoisotopic (exact) mass is 768 g/mol. The highest BCUT2D eigenvalue weighted by Crippen LogP contribution is 2.50. The molecule has 282 valence electrons. The second kappa shape index (κ2) is 13.9. The highest BCUT2D eigenvalue weighted by molar-refractivity contribution is 6.98. The van der Waals surface area contributed by atoms with Gasteiger partial charge in [0.15, 0.2) is 0 Å². The van der Waals surface area contributed by atoms with Crippen molar-refractivity contribution in [1.82, 2.24) is 9.55 Å². The van der Waals surface area contributed by atoms with Crippen molar-refractivity contribution in [3.8, 4) is 39.6 Å². The van der Waals surface area contributed by atoms with Gasteiger partial charge in [0.1, 0.15) is 24.0 Å². The molecule has 0 unspecified atom stereocenters. The molecule has 60 heavy (non-hydrogen) atoms. The molecule has 0 radical (unpaired) electrons. The van der Waals surface area contributed by atoms with E-state index >= 15 is 0 Å². The Morgan fingerprint density at radius 2 is 1.08 bits per heavy atom. The molecule has 0 fully saturated rings. The molecular formula is C54H37BN4O. The molecule has 2 aromatic heterocycles. The van der Waals surface area contributed by atoms with E-state index in [9.17, 15) is 0 Å². The molecule has 10 aromatic rings. The number of anilines is 4. The van der Waals surface area contributed by atoms with E-state index in [-0.39, 0.29) is 6.71 Å². The number of rotatable bonds is 7. The van der Waals surface area contributed by atoms with Gasteiger partial charge in [-0.1, -0.05) is 157 Å². The fourth-order valence-electron chi connectivity index (χ4n) is 9.63. The van der Waals surface area contributed by atoms with Gasteiger partial charge in [-0.05, 0) is 64.5 Å². The Hall–Kier alpha value is -7.83. The van der Waals surface area contributed by atoms with Gasteiger partial charge in [0.25, 0.3) is 0 Å². The van der Waals surface area contributed by atoms with Crippen LogP contribution in [-0.4, -0.2) is 22.9 Å². The molecule has 0 aliphatic carbocycles. The molecule has 0 atom stereocenters. The van der Waals surface area contributed by atoms with Gasteiger partial charge in [0.05, 0.1) is 28.1 Å². The first-order valence-corrected chi connectivity index (χ1v) is 20.5. The molecule has 6 heteroatoms. The molecule has 2 aliphatic rings. The molecule has 0 saturated carbocycles. The van der Waals surface area contributed by atoms with E-state index in [0.29, 0.717) is 6.67 Å². The van der Waals surface area contributed by atoms with Crippen LogP contribution >= 0.6 is 0 Å². The summed E-state index contributed by atoms with van der Waals surface area (Å²) in [6.07, 6.45) is 1.85. The topological polar surface area (TPSA) is 33.5 Å². The quantitative estimate of drug-likeness (QED) is 0.151. The van der Waals surface area contributed by atoms with E-state index in [1.807, 2.05) is 18.3 Å². The fraction of sp³-hybridized carbons (Fsp3) is 0.0185. The van der Waals surface area contributed by atoms with Crippen molar-refractivity contribution < 1.29 is 4.74 Å². The summed E-state index contributed by atoms with van der Waals surface area (Å²) < 4.78 is 9.09. The predicted molar refractivity (Wildman–Crippen MR) is 249 cm³/mol. The molecule has 0 spiro atoms. The van der Waals surface area contributed by atoms with E-state index in [4.69, 9.17) is 9.72 Å². The minimum atomic E-state index is 0.0461. The molecule has 0 amide bonds. The minimum absolute atomic E-state index is 0.0461. The molecule has 0 N–H and O–H groups in total. The van der Waals surface area contributed by atoms with Crippen molar-refractivity contribution in [3.63, 3.8) is 0 Å². The number of benzene rings is 8. The third kappa shape index (κ3) is 5.45. The van der Waals surface area contributed by atoms with Crippen LogP contribution in [0.1, 0.15) is 0 Å². The molecular weight excluding hydrogens is 731 g/mol. The van der Waals surface area contributed by atoms with Crippen molar-refractivity contribution in [2.75, 3.05) is 16.5 Å². The maximum absolute atomic E-state index is 6.87. The number of nitrogens with zero attached hydrogens (tertiary/aromatic N) is 4. The average molecular weight is 769 g/mol. The minimum Gasteiger partial charge on any atom is -0.457 e. The maximum Gasteiger partial charge on any atom is 0.246 e.